The Labute approximate surface area is 174 Å². The lowest BCUT2D eigenvalue weighted by Crippen LogP contribution is -2.38. The van der Waals surface area contributed by atoms with Gasteiger partial charge >= 0.3 is 0 Å². The van der Waals surface area contributed by atoms with Gasteiger partial charge in [0.2, 0.25) is 0 Å². The van der Waals surface area contributed by atoms with Crippen molar-refractivity contribution in [2.75, 3.05) is 46.6 Å². The molecule has 1 rings (SSSR count). The van der Waals surface area contributed by atoms with Gasteiger partial charge in [0, 0.05) is 33.4 Å². The van der Waals surface area contributed by atoms with E-state index in [2.05, 4.69) is 15.6 Å². The first-order valence-corrected chi connectivity index (χ1v) is 9.01. The van der Waals surface area contributed by atoms with E-state index in [0.717, 1.165) is 62.6 Å². The highest BCUT2D eigenvalue weighted by molar-refractivity contribution is 14.0. The molecule has 1 aromatic carbocycles. The van der Waals surface area contributed by atoms with E-state index in [1.54, 1.807) is 13.2 Å². The molecule has 7 heteroatoms. The van der Waals surface area contributed by atoms with Gasteiger partial charge in [-0.1, -0.05) is 6.07 Å². The number of methoxy groups -OCH3 is 1. The number of guanidine groups is 1. The van der Waals surface area contributed by atoms with E-state index in [1.165, 1.54) is 6.07 Å². The number of benzene rings is 1. The molecule has 0 fully saturated rings. The molecule has 0 aliphatic rings. The molecule has 0 aliphatic carbocycles. The summed E-state index contributed by atoms with van der Waals surface area (Å²) in [4.78, 5) is 4.57. The molecule has 0 heterocycles. The third-order valence-electron chi connectivity index (χ3n) is 3.73. The molecular formula is C19H33FIN3O2. The molecule has 0 amide bonds. The number of nitrogens with one attached hydrogen (secondary N) is 2. The van der Waals surface area contributed by atoms with Gasteiger partial charge in [0.1, 0.15) is 5.82 Å². The number of aryl methyl sites for hydroxylation is 1. The summed E-state index contributed by atoms with van der Waals surface area (Å²) < 4.78 is 23.5. The van der Waals surface area contributed by atoms with Crippen molar-refractivity contribution in [2.45, 2.75) is 33.1 Å². The number of halogens is 2. The summed E-state index contributed by atoms with van der Waals surface area (Å²) in [5.74, 6) is 0.637. The van der Waals surface area contributed by atoms with Crippen molar-refractivity contribution in [3.8, 4) is 0 Å². The Morgan fingerprint density at radius 2 is 1.96 bits per heavy atom. The summed E-state index contributed by atoms with van der Waals surface area (Å²) >= 11 is 0. The largest absolute Gasteiger partial charge is 0.382 e. The van der Waals surface area contributed by atoms with E-state index in [0.29, 0.717) is 13.2 Å². The highest BCUT2D eigenvalue weighted by Gasteiger charge is 2.01. The minimum atomic E-state index is -0.185. The first-order chi connectivity index (χ1) is 12.2. The fraction of sp³-hybridized carbons (Fsp3) is 0.632. The van der Waals surface area contributed by atoms with Gasteiger partial charge in [0.15, 0.2) is 5.96 Å². The Kier molecular flexibility index (Phi) is 15.7. The van der Waals surface area contributed by atoms with Crippen molar-refractivity contribution in [2.24, 2.45) is 4.99 Å². The minimum Gasteiger partial charge on any atom is -0.382 e. The quantitative estimate of drug-likeness (QED) is 0.208. The maximum atomic E-state index is 13.1. The molecule has 0 atom stereocenters. The minimum absolute atomic E-state index is 0. The number of ether oxygens (including phenoxy) is 2. The first kappa shape index (κ1) is 25.1. The lowest BCUT2D eigenvalue weighted by Gasteiger charge is -2.12. The Morgan fingerprint density at radius 1 is 1.15 bits per heavy atom. The predicted octanol–water partition coefficient (Wildman–Crippen LogP) is 3.29. The molecule has 0 radical (unpaired) electrons. The number of aliphatic imine (C=N–C) groups is 1. The molecule has 5 nitrogen and oxygen atoms in total. The van der Waals surface area contributed by atoms with Crippen molar-refractivity contribution in [3.63, 3.8) is 0 Å². The zero-order valence-electron chi connectivity index (χ0n) is 16.1. The van der Waals surface area contributed by atoms with E-state index in [1.807, 2.05) is 19.9 Å². The molecular weight excluding hydrogens is 448 g/mol. The van der Waals surface area contributed by atoms with Crippen molar-refractivity contribution in [3.05, 3.63) is 35.1 Å². The van der Waals surface area contributed by atoms with Gasteiger partial charge in [-0.25, -0.2) is 4.39 Å². The summed E-state index contributed by atoms with van der Waals surface area (Å²) in [5.41, 5.74) is 2.13. The van der Waals surface area contributed by atoms with Crippen LogP contribution in [0.3, 0.4) is 0 Å². The van der Waals surface area contributed by atoms with E-state index < -0.39 is 0 Å². The topological polar surface area (TPSA) is 54.9 Å². The van der Waals surface area contributed by atoms with Crippen LogP contribution in [0.25, 0.3) is 0 Å². The van der Waals surface area contributed by atoms with Gasteiger partial charge in [-0.2, -0.15) is 0 Å². The summed E-state index contributed by atoms with van der Waals surface area (Å²) in [7, 11) is 1.67. The number of nitrogens with zero attached hydrogens (tertiary/aromatic N) is 1. The molecule has 0 aliphatic heterocycles. The van der Waals surface area contributed by atoms with Crippen LogP contribution in [-0.4, -0.2) is 52.5 Å². The fourth-order valence-electron chi connectivity index (χ4n) is 2.35. The van der Waals surface area contributed by atoms with Crippen LogP contribution in [0.15, 0.2) is 23.2 Å². The Bertz CT molecular complexity index is 516. The van der Waals surface area contributed by atoms with Gasteiger partial charge in [0.25, 0.3) is 0 Å². The van der Waals surface area contributed by atoms with Crippen LogP contribution in [0.4, 0.5) is 4.39 Å². The number of rotatable bonds is 12. The fourth-order valence-corrected chi connectivity index (χ4v) is 2.35. The highest BCUT2D eigenvalue weighted by Crippen LogP contribution is 2.10. The maximum Gasteiger partial charge on any atom is 0.191 e. The van der Waals surface area contributed by atoms with Gasteiger partial charge in [-0.05, 0) is 56.4 Å². The standard InChI is InChI=1S/C19H32FN3O2.HI/c1-4-21-19(22-10-5-6-12-25-14-13-24-3)23-11-9-17-7-8-18(20)15-16(17)2;/h7-8,15H,4-6,9-14H2,1-3H3,(H2,21,22,23);1H. The first-order valence-electron chi connectivity index (χ1n) is 9.01. The van der Waals surface area contributed by atoms with Crippen LogP contribution in [0.1, 0.15) is 30.9 Å². The Balaban J connectivity index is 0.00000625. The summed E-state index contributed by atoms with van der Waals surface area (Å²) in [5, 5.41) is 6.57. The number of unbranched alkanes of at least 4 members (excludes halogenated alkanes) is 1. The zero-order chi connectivity index (χ0) is 18.3. The summed E-state index contributed by atoms with van der Waals surface area (Å²) in [6.45, 7) is 8.36. The van der Waals surface area contributed by atoms with Crippen molar-refractivity contribution in [1.82, 2.24) is 10.6 Å². The van der Waals surface area contributed by atoms with Gasteiger partial charge in [0.05, 0.1) is 13.2 Å². The molecule has 2 N–H and O–H groups in total. The average molecular weight is 481 g/mol. The van der Waals surface area contributed by atoms with Crippen molar-refractivity contribution < 1.29 is 13.9 Å². The van der Waals surface area contributed by atoms with Crippen LogP contribution in [0.5, 0.6) is 0 Å². The van der Waals surface area contributed by atoms with E-state index in [4.69, 9.17) is 9.47 Å². The lowest BCUT2D eigenvalue weighted by atomic mass is 10.1. The molecule has 0 spiro atoms. The Hall–Kier alpha value is -0.930. The van der Waals surface area contributed by atoms with E-state index >= 15 is 0 Å². The SMILES string of the molecule is CCNC(=NCCCCOCCOC)NCCc1ccc(F)cc1C.I. The second kappa shape index (κ2) is 16.3. The van der Waals surface area contributed by atoms with Crippen molar-refractivity contribution >= 4 is 29.9 Å². The third-order valence-corrected chi connectivity index (χ3v) is 3.73. The normalized spacial score (nSPS) is 11.2. The Morgan fingerprint density at radius 3 is 2.65 bits per heavy atom. The smallest absolute Gasteiger partial charge is 0.191 e. The molecule has 0 unspecified atom stereocenters. The lowest BCUT2D eigenvalue weighted by molar-refractivity contribution is 0.0690. The number of hydrogen-bond acceptors (Lipinski definition) is 3. The number of hydrogen-bond donors (Lipinski definition) is 2. The van der Waals surface area contributed by atoms with Crippen LogP contribution >= 0.6 is 24.0 Å². The monoisotopic (exact) mass is 481 g/mol. The summed E-state index contributed by atoms with van der Waals surface area (Å²) in [6.07, 6.45) is 2.81. The molecule has 150 valence electrons. The second-order valence-corrected chi connectivity index (χ2v) is 5.82. The highest BCUT2D eigenvalue weighted by atomic mass is 127. The van der Waals surface area contributed by atoms with Gasteiger partial charge < -0.3 is 20.1 Å². The molecule has 0 saturated carbocycles. The van der Waals surface area contributed by atoms with E-state index in [9.17, 15) is 4.39 Å². The maximum absolute atomic E-state index is 13.1. The average Bonchev–Trinajstić information content (AvgIpc) is 2.59. The van der Waals surface area contributed by atoms with Crippen LogP contribution < -0.4 is 10.6 Å². The molecule has 0 bridgehead atoms. The molecule has 26 heavy (non-hydrogen) atoms. The van der Waals surface area contributed by atoms with Gasteiger partial charge in [-0.3, -0.25) is 4.99 Å². The van der Waals surface area contributed by atoms with Gasteiger partial charge in [-0.15, -0.1) is 24.0 Å². The molecule has 0 saturated heterocycles. The van der Waals surface area contributed by atoms with Crippen LogP contribution in [0, 0.1) is 12.7 Å². The van der Waals surface area contributed by atoms with Crippen molar-refractivity contribution in [1.29, 1.82) is 0 Å². The zero-order valence-corrected chi connectivity index (χ0v) is 18.5. The third kappa shape index (κ3) is 11.6. The second-order valence-electron chi connectivity index (χ2n) is 5.82. The van der Waals surface area contributed by atoms with Crippen LogP contribution in [-0.2, 0) is 15.9 Å². The predicted molar refractivity (Wildman–Crippen MR) is 116 cm³/mol. The molecule has 1 aromatic rings. The molecule has 0 aromatic heterocycles. The summed E-state index contributed by atoms with van der Waals surface area (Å²) in [6, 6.07) is 4.93. The van der Waals surface area contributed by atoms with Crippen LogP contribution in [0.2, 0.25) is 0 Å². The van der Waals surface area contributed by atoms with E-state index in [-0.39, 0.29) is 29.8 Å².